The van der Waals surface area contributed by atoms with Crippen LogP contribution in [0.4, 0.5) is 16.2 Å². The molecule has 2 rings (SSSR count). The van der Waals surface area contributed by atoms with Crippen molar-refractivity contribution in [1.29, 1.82) is 0 Å². The first-order valence-corrected chi connectivity index (χ1v) is 11.2. The quantitative estimate of drug-likeness (QED) is 0.405. The highest BCUT2D eigenvalue weighted by atomic mass is 16.6. The molecular weight excluding hydrogens is 434 g/mol. The van der Waals surface area contributed by atoms with E-state index in [1.807, 2.05) is 49.5 Å². The standard InChI is InChI=1S/C26H35N3O5/c1-25(2,3)33-23(30)22(27-24(31)34-26(4,5)6)16-19-15-18(13-14-21(19)28-32)17-29(7)20-11-9-8-10-12-20/h8-15,22H,16-17H2,1-7H3,(H,27,31)/t22-/m0/s1. The lowest BCUT2D eigenvalue weighted by atomic mass is 10.0. The summed E-state index contributed by atoms with van der Waals surface area (Å²) in [5, 5.41) is 5.71. The predicted octanol–water partition coefficient (Wildman–Crippen LogP) is 5.50. The van der Waals surface area contributed by atoms with E-state index in [-0.39, 0.29) is 12.1 Å². The molecule has 34 heavy (non-hydrogen) atoms. The Morgan fingerprint density at radius 2 is 1.59 bits per heavy atom. The largest absolute Gasteiger partial charge is 0.458 e. The lowest BCUT2D eigenvalue weighted by Crippen LogP contribution is -2.47. The Labute approximate surface area is 201 Å². The summed E-state index contributed by atoms with van der Waals surface area (Å²) in [4.78, 5) is 38.9. The smallest absolute Gasteiger partial charge is 0.408 e. The molecule has 2 aromatic carbocycles. The normalized spacial score (nSPS) is 12.4. The highest BCUT2D eigenvalue weighted by Gasteiger charge is 2.29. The molecule has 0 bridgehead atoms. The second kappa shape index (κ2) is 11.1. The van der Waals surface area contributed by atoms with E-state index >= 15 is 0 Å². The van der Waals surface area contributed by atoms with Gasteiger partial charge in [-0.25, -0.2) is 9.59 Å². The third kappa shape index (κ3) is 8.84. The van der Waals surface area contributed by atoms with Gasteiger partial charge in [0.1, 0.15) is 22.9 Å². The second-order valence-electron chi connectivity index (χ2n) is 10.2. The third-order valence-electron chi connectivity index (χ3n) is 4.67. The SMILES string of the molecule is CN(Cc1ccc(N=O)c(C[C@H](NC(=O)OC(C)(C)C)C(=O)OC(C)(C)C)c1)c1ccccc1. The van der Waals surface area contributed by atoms with Gasteiger partial charge in [-0.1, -0.05) is 30.3 Å². The highest BCUT2D eigenvalue weighted by molar-refractivity contribution is 5.82. The van der Waals surface area contributed by atoms with Crippen LogP contribution in [0.3, 0.4) is 0 Å². The molecule has 0 saturated heterocycles. The van der Waals surface area contributed by atoms with E-state index in [4.69, 9.17) is 9.47 Å². The molecule has 0 aliphatic carbocycles. The Hall–Kier alpha value is -3.42. The van der Waals surface area contributed by atoms with Crippen LogP contribution in [-0.4, -0.2) is 36.4 Å². The molecule has 0 aliphatic heterocycles. The summed E-state index contributed by atoms with van der Waals surface area (Å²) in [6, 6.07) is 14.1. The average Bonchev–Trinajstić information content (AvgIpc) is 2.71. The van der Waals surface area contributed by atoms with Crippen LogP contribution in [0.1, 0.15) is 52.7 Å². The number of benzene rings is 2. The van der Waals surface area contributed by atoms with Gasteiger partial charge in [-0.15, -0.1) is 4.91 Å². The molecule has 0 unspecified atom stereocenters. The van der Waals surface area contributed by atoms with Gasteiger partial charge in [0.2, 0.25) is 0 Å². The lowest BCUT2D eigenvalue weighted by molar-refractivity contribution is -0.157. The van der Waals surface area contributed by atoms with Crippen LogP contribution < -0.4 is 10.2 Å². The van der Waals surface area contributed by atoms with E-state index in [9.17, 15) is 14.5 Å². The molecule has 0 aromatic heterocycles. The van der Waals surface area contributed by atoms with Crippen molar-refractivity contribution >= 4 is 23.4 Å². The maximum Gasteiger partial charge on any atom is 0.408 e. The number of carbonyl (C=O) groups excluding carboxylic acids is 2. The molecule has 0 fully saturated rings. The molecule has 0 aliphatic rings. The van der Waals surface area contributed by atoms with Gasteiger partial charge >= 0.3 is 12.1 Å². The molecule has 0 saturated carbocycles. The van der Waals surface area contributed by atoms with Crippen LogP contribution in [0.25, 0.3) is 0 Å². The first kappa shape index (κ1) is 26.8. The molecule has 1 amide bonds. The Balaban J connectivity index is 2.30. The van der Waals surface area contributed by atoms with Gasteiger partial charge in [-0.2, -0.15) is 0 Å². The predicted molar refractivity (Wildman–Crippen MR) is 133 cm³/mol. The number of ether oxygens (including phenoxy) is 2. The van der Waals surface area contributed by atoms with Crippen LogP contribution in [0.15, 0.2) is 53.7 Å². The van der Waals surface area contributed by atoms with E-state index in [2.05, 4.69) is 15.4 Å². The average molecular weight is 470 g/mol. The van der Waals surface area contributed by atoms with Crippen molar-refractivity contribution in [2.45, 2.75) is 71.8 Å². The minimum absolute atomic E-state index is 0.0259. The molecule has 2 aromatic rings. The van der Waals surface area contributed by atoms with Crippen molar-refractivity contribution in [3.63, 3.8) is 0 Å². The first-order chi connectivity index (χ1) is 15.8. The maximum atomic E-state index is 12.9. The zero-order valence-corrected chi connectivity index (χ0v) is 21.0. The van der Waals surface area contributed by atoms with Crippen molar-refractivity contribution in [1.82, 2.24) is 5.32 Å². The van der Waals surface area contributed by atoms with E-state index in [1.165, 1.54) is 0 Å². The van der Waals surface area contributed by atoms with E-state index < -0.39 is 29.3 Å². The van der Waals surface area contributed by atoms with Gasteiger partial charge in [-0.05, 0) is 76.0 Å². The first-order valence-electron chi connectivity index (χ1n) is 11.2. The summed E-state index contributed by atoms with van der Waals surface area (Å²) < 4.78 is 10.8. The van der Waals surface area contributed by atoms with E-state index in [1.54, 1.807) is 47.6 Å². The Morgan fingerprint density at radius 1 is 0.971 bits per heavy atom. The maximum absolute atomic E-state index is 12.9. The number of alkyl carbamates (subject to hydrolysis) is 1. The summed E-state index contributed by atoms with van der Waals surface area (Å²) in [5.74, 6) is -0.623. The van der Waals surface area contributed by atoms with Crippen LogP contribution >= 0.6 is 0 Å². The van der Waals surface area contributed by atoms with Crippen molar-refractivity contribution < 1.29 is 19.1 Å². The fourth-order valence-corrected chi connectivity index (χ4v) is 3.27. The monoisotopic (exact) mass is 469 g/mol. The minimum atomic E-state index is -1.06. The fraction of sp³-hybridized carbons (Fsp3) is 0.462. The van der Waals surface area contributed by atoms with Gasteiger partial charge in [0.05, 0.1) is 0 Å². The van der Waals surface area contributed by atoms with E-state index in [0.717, 1.165) is 11.3 Å². The van der Waals surface area contributed by atoms with Gasteiger partial charge in [0.15, 0.2) is 0 Å². The minimum Gasteiger partial charge on any atom is -0.458 e. The van der Waals surface area contributed by atoms with Gasteiger partial charge < -0.3 is 19.7 Å². The zero-order valence-electron chi connectivity index (χ0n) is 21.0. The zero-order chi connectivity index (χ0) is 25.5. The topological polar surface area (TPSA) is 97.3 Å². The van der Waals surface area contributed by atoms with Crippen molar-refractivity contribution in [3.05, 3.63) is 64.6 Å². The summed E-state index contributed by atoms with van der Waals surface area (Å²) in [6.07, 6.45) is -0.720. The number of hydrogen-bond donors (Lipinski definition) is 1. The Kier molecular flexibility index (Phi) is 8.79. The molecule has 0 heterocycles. The van der Waals surface area contributed by atoms with Crippen LogP contribution in [0, 0.1) is 4.91 Å². The summed E-state index contributed by atoms with van der Waals surface area (Å²) >= 11 is 0. The number of esters is 1. The number of nitroso groups, excluding NO2 is 1. The number of nitrogens with one attached hydrogen (secondary N) is 1. The summed E-state index contributed by atoms with van der Waals surface area (Å²) in [7, 11) is 1.97. The van der Waals surface area contributed by atoms with Gasteiger partial charge in [-0.3, -0.25) is 0 Å². The Morgan fingerprint density at radius 3 is 2.15 bits per heavy atom. The number of carbonyl (C=O) groups is 2. The molecule has 0 spiro atoms. The molecule has 1 N–H and O–H groups in total. The number of rotatable bonds is 8. The van der Waals surface area contributed by atoms with Crippen molar-refractivity contribution in [2.75, 3.05) is 11.9 Å². The fourth-order valence-electron chi connectivity index (χ4n) is 3.27. The van der Waals surface area contributed by atoms with Crippen LogP contribution in [0.2, 0.25) is 0 Å². The highest BCUT2D eigenvalue weighted by Crippen LogP contribution is 2.25. The van der Waals surface area contributed by atoms with Crippen molar-refractivity contribution in [2.24, 2.45) is 5.18 Å². The molecule has 0 radical (unpaired) electrons. The number of nitrogens with zero attached hydrogens (tertiary/aromatic N) is 2. The number of amides is 1. The van der Waals surface area contributed by atoms with E-state index in [0.29, 0.717) is 12.1 Å². The molecular formula is C26H35N3O5. The Bertz CT molecular complexity index is 994. The second-order valence-corrected chi connectivity index (χ2v) is 10.2. The summed E-state index contributed by atoms with van der Waals surface area (Å²) in [6.45, 7) is 11.0. The molecule has 184 valence electrons. The molecule has 8 nitrogen and oxygen atoms in total. The number of hydrogen-bond acceptors (Lipinski definition) is 7. The van der Waals surface area contributed by atoms with Gasteiger partial charge in [0, 0.05) is 25.7 Å². The summed E-state index contributed by atoms with van der Waals surface area (Å²) in [5.41, 5.74) is 1.21. The third-order valence-corrected chi connectivity index (χ3v) is 4.67. The molecule has 8 heteroatoms. The molecule has 1 atom stereocenters. The van der Waals surface area contributed by atoms with Gasteiger partial charge in [0.25, 0.3) is 0 Å². The van der Waals surface area contributed by atoms with Crippen molar-refractivity contribution in [3.8, 4) is 0 Å². The lowest BCUT2D eigenvalue weighted by Gasteiger charge is -2.26. The van der Waals surface area contributed by atoms with Crippen LogP contribution in [0.5, 0.6) is 0 Å². The number of anilines is 1. The van der Waals surface area contributed by atoms with Crippen LogP contribution in [-0.2, 0) is 27.2 Å². The number of para-hydroxylation sites is 1.